The Kier molecular flexibility index (Phi) is 4.74. The third-order valence-corrected chi connectivity index (χ3v) is 8.45. The highest BCUT2D eigenvalue weighted by atomic mass is 32.2. The van der Waals surface area contributed by atoms with Crippen LogP contribution < -0.4 is 4.90 Å². The van der Waals surface area contributed by atoms with Crippen molar-refractivity contribution >= 4 is 42.9 Å². The normalized spacial score (nSPS) is 16.0. The molecule has 30 heavy (non-hydrogen) atoms. The van der Waals surface area contributed by atoms with Crippen LogP contribution in [-0.2, 0) is 16.3 Å². The number of aromatic nitrogens is 4. The smallest absolute Gasteiger partial charge is 0.229 e. The summed E-state index contributed by atoms with van der Waals surface area (Å²) in [6.07, 6.45) is 3.06. The molecule has 0 unspecified atom stereocenters. The first-order valence-electron chi connectivity index (χ1n) is 10.2. The lowest BCUT2D eigenvalue weighted by Crippen LogP contribution is -2.33. The number of thiophene rings is 1. The summed E-state index contributed by atoms with van der Waals surface area (Å²) >= 11 is 1.60. The van der Waals surface area contributed by atoms with E-state index in [1.807, 2.05) is 30.5 Å². The van der Waals surface area contributed by atoms with E-state index in [2.05, 4.69) is 22.1 Å². The lowest BCUT2D eigenvalue weighted by atomic mass is 9.99. The van der Waals surface area contributed by atoms with Gasteiger partial charge in [-0.15, -0.1) is 16.4 Å². The highest BCUT2D eigenvalue weighted by Gasteiger charge is 2.29. The van der Waals surface area contributed by atoms with Crippen LogP contribution in [0.15, 0.2) is 45.6 Å². The van der Waals surface area contributed by atoms with E-state index < -0.39 is 9.84 Å². The highest BCUT2D eigenvalue weighted by molar-refractivity contribution is 7.91. The van der Waals surface area contributed by atoms with E-state index in [0.29, 0.717) is 5.92 Å². The molecule has 1 aromatic carbocycles. The van der Waals surface area contributed by atoms with Crippen LogP contribution in [0.5, 0.6) is 0 Å². The van der Waals surface area contributed by atoms with Gasteiger partial charge < -0.3 is 4.90 Å². The zero-order valence-corrected chi connectivity index (χ0v) is 18.6. The molecule has 1 aliphatic heterocycles. The van der Waals surface area contributed by atoms with E-state index in [-0.39, 0.29) is 15.6 Å². The fourth-order valence-electron chi connectivity index (χ4n) is 3.93. The Morgan fingerprint density at radius 2 is 1.87 bits per heavy atom. The second-order valence-corrected chi connectivity index (χ2v) is 10.7. The maximum absolute atomic E-state index is 13.3. The number of anilines is 1. The molecular weight excluding hydrogens is 418 g/mol. The van der Waals surface area contributed by atoms with E-state index in [4.69, 9.17) is 4.98 Å². The second kappa shape index (κ2) is 7.31. The Morgan fingerprint density at radius 3 is 2.57 bits per heavy atom. The van der Waals surface area contributed by atoms with Gasteiger partial charge in [0.1, 0.15) is 0 Å². The summed E-state index contributed by atoms with van der Waals surface area (Å²) in [5.74, 6) is 1.53. The maximum atomic E-state index is 13.3. The number of hydrogen-bond donors (Lipinski definition) is 0. The first-order chi connectivity index (χ1) is 14.5. The number of nitrogens with zero attached hydrogens (tertiary/aromatic N) is 5. The van der Waals surface area contributed by atoms with Crippen LogP contribution in [0.4, 0.5) is 5.82 Å². The lowest BCUT2D eigenvalue weighted by molar-refractivity contribution is 0.437. The Bertz CT molecular complexity index is 1320. The van der Waals surface area contributed by atoms with Crippen molar-refractivity contribution in [3.05, 3.63) is 41.3 Å². The SMILES string of the molecule is CCc1ccc(S(=O)(=O)c2nnn3c2nc(N2CCC(C)CC2)c2sccc23)cc1. The molecule has 0 atom stereocenters. The van der Waals surface area contributed by atoms with Crippen LogP contribution in [0.3, 0.4) is 0 Å². The molecule has 3 aromatic heterocycles. The molecule has 1 aliphatic rings. The minimum Gasteiger partial charge on any atom is -0.355 e. The van der Waals surface area contributed by atoms with Crippen LogP contribution >= 0.6 is 11.3 Å². The van der Waals surface area contributed by atoms with Gasteiger partial charge in [-0.25, -0.2) is 13.4 Å². The molecule has 0 N–H and O–H groups in total. The molecule has 0 amide bonds. The summed E-state index contributed by atoms with van der Waals surface area (Å²) in [6.45, 7) is 6.14. The van der Waals surface area contributed by atoms with Crippen molar-refractivity contribution in [2.45, 2.75) is 43.0 Å². The molecule has 4 heterocycles. The van der Waals surface area contributed by atoms with Gasteiger partial charge in [0, 0.05) is 13.1 Å². The first kappa shape index (κ1) is 19.4. The number of piperidine rings is 1. The quantitative estimate of drug-likeness (QED) is 0.477. The van der Waals surface area contributed by atoms with E-state index in [0.717, 1.165) is 53.9 Å². The number of sulfone groups is 1. The molecule has 0 aliphatic carbocycles. The maximum Gasteiger partial charge on any atom is 0.229 e. The lowest BCUT2D eigenvalue weighted by Gasteiger charge is -2.31. The number of fused-ring (bicyclic) bond motifs is 3. The Hall–Kier alpha value is -2.52. The summed E-state index contributed by atoms with van der Waals surface area (Å²) in [4.78, 5) is 7.28. The molecule has 0 saturated carbocycles. The number of aryl methyl sites for hydroxylation is 1. The van der Waals surface area contributed by atoms with E-state index >= 15 is 0 Å². The second-order valence-electron chi connectivity index (χ2n) is 7.87. The van der Waals surface area contributed by atoms with Crippen LogP contribution in [0.25, 0.3) is 15.9 Å². The fraction of sp³-hybridized carbons (Fsp3) is 0.381. The highest BCUT2D eigenvalue weighted by Crippen LogP contribution is 2.34. The molecule has 0 radical (unpaired) electrons. The van der Waals surface area contributed by atoms with Crippen molar-refractivity contribution in [3.8, 4) is 0 Å². The van der Waals surface area contributed by atoms with Gasteiger partial charge in [-0.05, 0) is 54.3 Å². The summed E-state index contributed by atoms with van der Waals surface area (Å²) in [5, 5.41) is 10.1. The molecule has 4 aromatic rings. The third-order valence-electron chi connectivity index (χ3n) is 5.88. The monoisotopic (exact) mass is 441 g/mol. The summed E-state index contributed by atoms with van der Waals surface area (Å²) < 4.78 is 29.3. The zero-order chi connectivity index (χ0) is 20.9. The predicted octanol–water partition coefficient (Wildman–Crippen LogP) is 3.97. The summed E-state index contributed by atoms with van der Waals surface area (Å²) in [7, 11) is -3.83. The topological polar surface area (TPSA) is 80.5 Å². The molecule has 5 rings (SSSR count). The first-order valence-corrected chi connectivity index (χ1v) is 12.6. The molecule has 156 valence electrons. The van der Waals surface area contributed by atoms with Gasteiger partial charge in [-0.1, -0.05) is 31.2 Å². The van der Waals surface area contributed by atoms with Gasteiger partial charge in [-0.2, -0.15) is 4.52 Å². The molecular formula is C21H23N5O2S2. The van der Waals surface area contributed by atoms with Crippen molar-refractivity contribution in [2.24, 2.45) is 5.92 Å². The molecule has 1 saturated heterocycles. The van der Waals surface area contributed by atoms with Crippen LogP contribution in [0.2, 0.25) is 0 Å². The minimum absolute atomic E-state index is 0.0912. The third kappa shape index (κ3) is 3.07. The van der Waals surface area contributed by atoms with Gasteiger partial charge in [0.2, 0.25) is 14.9 Å². The zero-order valence-electron chi connectivity index (χ0n) is 16.9. The molecule has 0 bridgehead atoms. The van der Waals surface area contributed by atoms with Crippen molar-refractivity contribution in [1.29, 1.82) is 0 Å². The number of hydrogen-bond acceptors (Lipinski definition) is 7. The Morgan fingerprint density at radius 1 is 1.13 bits per heavy atom. The van der Waals surface area contributed by atoms with Crippen molar-refractivity contribution in [1.82, 2.24) is 19.8 Å². The van der Waals surface area contributed by atoms with Crippen LogP contribution in [0, 0.1) is 5.92 Å². The van der Waals surface area contributed by atoms with Crippen molar-refractivity contribution in [2.75, 3.05) is 18.0 Å². The summed E-state index contributed by atoms with van der Waals surface area (Å²) in [5.41, 5.74) is 2.21. The van der Waals surface area contributed by atoms with Crippen LogP contribution in [0.1, 0.15) is 32.3 Å². The van der Waals surface area contributed by atoms with Gasteiger partial charge in [0.25, 0.3) is 0 Å². The van der Waals surface area contributed by atoms with Crippen molar-refractivity contribution in [3.63, 3.8) is 0 Å². The van der Waals surface area contributed by atoms with Crippen LogP contribution in [-0.4, -0.2) is 41.3 Å². The Labute approximate surface area is 179 Å². The fourth-order valence-corrected chi connectivity index (χ4v) is 6.06. The predicted molar refractivity (Wildman–Crippen MR) is 118 cm³/mol. The van der Waals surface area contributed by atoms with Gasteiger partial charge in [0.05, 0.1) is 15.1 Å². The minimum atomic E-state index is -3.83. The average molecular weight is 442 g/mol. The number of benzene rings is 1. The number of rotatable bonds is 4. The average Bonchev–Trinajstić information content (AvgIpc) is 3.41. The van der Waals surface area contributed by atoms with Gasteiger partial charge >= 0.3 is 0 Å². The largest absolute Gasteiger partial charge is 0.355 e. The van der Waals surface area contributed by atoms with E-state index in [1.165, 1.54) is 0 Å². The summed E-state index contributed by atoms with van der Waals surface area (Å²) in [6, 6.07) is 8.89. The van der Waals surface area contributed by atoms with Gasteiger partial charge in [0.15, 0.2) is 11.5 Å². The Balaban J connectivity index is 1.67. The van der Waals surface area contributed by atoms with E-state index in [1.54, 1.807) is 28.0 Å². The molecule has 0 spiro atoms. The van der Waals surface area contributed by atoms with Crippen molar-refractivity contribution < 1.29 is 8.42 Å². The molecule has 9 heteroatoms. The van der Waals surface area contributed by atoms with E-state index in [9.17, 15) is 8.42 Å². The molecule has 1 fully saturated rings. The standard InChI is InChI=1S/C21H23N5O2S2/c1-3-15-4-6-16(7-5-15)30(27,28)21-20-22-19(25-11-8-14(2)9-12-25)18-17(10-13-29-18)26(20)24-23-21/h4-7,10,13-14H,3,8-9,11-12H2,1-2H3. The van der Waals surface area contributed by atoms with Gasteiger partial charge in [-0.3, -0.25) is 0 Å². The molecule has 7 nitrogen and oxygen atoms in total.